The van der Waals surface area contributed by atoms with E-state index in [4.69, 9.17) is 4.74 Å². The molecule has 0 radical (unpaired) electrons. The van der Waals surface area contributed by atoms with Gasteiger partial charge >= 0.3 is 0 Å². The van der Waals surface area contributed by atoms with E-state index in [2.05, 4.69) is 21.2 Å². The molecule has 0 aliphatic heterocycles. The maximum absolute atomic E-state index is 13.8. The zero-order valence-electron chi connectivity index (χ0n) is 13.3. The van der Waals surface area contributed by atoms with Crippen molar-refractivity contribution in [3.63, 3.8) is 0 Å². The van der Waals surface area contributed by atoms with E-state index >= 15 is 0 Å². The normalized spacial score (nSPS) is 11.9. The van der Waals surface area contributed by atoms with Gasteiger partial charge in [-0.2, -0.15) is 0 Å². The first kappa shape index (κ1) is 17.5. The largest absolute Gasteiger partial charge is 0.481 e. The second kappa shape index (κ2) is 7.59. The lowest BCUT2D eigenvalue weighted by molar-refractivity contribution is -0.122. The molecule has 2 aromatic carbocycles. The summed E-state index contributed by atoms with van der Waals surface area (Å²) in [6.07, 6.45) is -0.198. The Bertz CT molecular complexity index is 698. The van der Waals surface area contributed by atoms with Gasteiger partial charge in [0.15, 0.2) is 6.10 Å². The first-order valence-corrected chi connectivity index (χ1v) is 8.19. The van der Waals surface area contributed by atoms with E-state index < -0.39 is 11.9 Å². The van der Waals surface area contributed by atoms with Gasteiger partial charge in [-0.05, 0) is 61.7 Å². The fourth-order valence-electron chi connectivity index (χ4n) is 2.29. The number of ether oxygens (including phenoxy) is 1. The van der Waals surface area contributed by atoms with Gasteiger partial charge in [0.25, 0.3) is 5.91 Å². The van der Waals surface area contributed by atoms with Crippen molar-refractivity contribution in [2.45, 2.75) is 33.3 Å². The molecule has 23 heavy (non-hydrogen) atoms. The predicted octanol–water partition coefficient (Wildman–Crippen LogP) is 5.00. The zero-order chi connectivity index (χ0) is 17.0. The molecule has 0 saturated heterocycles. The SMILES string of the molecule is CC[C@H](Oc1cc(C)cc(C)c1)C(=O)Nc1ccc(Br)cc1F. The predicted molar refractivity (Wildman–Crippen MR) is 93.4 cm³/mol. The van der Waals surface area contributed by atoms with Crippen LogP contribution in [0.15, 0.2) is 40.9 Å². The first-order valence-electron chi connectivity index (χ1n) is 7.40. The van der Waals surface area contributed by atoms with Gasteiger partial charge in [-0.1, -0.05) is 28.9 Å². The van der Waals surface area contributed by atoms with Crippen LogP contribution < -0.4 is 10.1 Å². The number of carbonyl (C=O) groups is 1. The third-order valence-electron chi connectivity index (χ3n) is 3.33. The molecule has 2 rings (SSSR count). The lowest BCUT2D eigenvalue weighted by atomic mass is 10.1. The minimum atomic E-state index is -0.681. The van der Waals surface area contributed by atoms with Crippen molar-refractivity contribution < 1.29 is 13.9 Å². The number of halogens is 2. The Hall–Kier alpha value is -1.88. The number of hydrogen-bond acceptors (Lipinski definition) is 2. The Kier molecular flexibility index (Phi) is 5.77. The van der Waals surface area contributed by atoms with E-state index in [9.17, 15) is 9.18 Å². The highest BCUT2D eigenvalue weighted by atomic mass is 79.9. The Morgan fingerprint density at radius 2 is 1.87 bits per heavy atom. The molecule has 1 amide bonds. The smallest absolute Gasteiger partial charge is 0.265 e. The van der Waals surface area contributed by atoms with Crippen LogP contribution in [0.25, 0.3) is 0 Å². The first-order chi connectivity index (χ1) is 10.9. The molecule has 0 saturated carbocycles. The molecule has 1 atom stereocenters. The molecule has 122 valence electrons. The van der Waals surface area contributed by atoms with Crippen molar-refractivity contribution >= 4 is 27.5 Å². The highest BCUT2D eigenvalue weighted by Gasteiger charge is 2.20. The van der Waals surface area contributed by atoms with Crippen LogP contribution >= 0.6 is 15.9 Å². The average molecular weight is 380 g/mol. The van der Waals surface area contributed by atoms with Crippen molar-refractivity contribution in [3.05, 3.63) is 57.8 Å². The van der Waals surface area contributed by atoms with Gasteiger partial charge < -0.3 is 10.1 Å². The fraction of sp³-hybridized carbons (Fsp3) is 0.278. The summed E-state index contributed by atoms with van der Waals surface area (Å²) < 4.78 is 20.2. The van der Waals surface area contributed by atoms with Crippen molar-refractivity contribution in [1.82, 2.24) is 0 Å². The van der Waals surface area contributed by atoms with Crippen molar-refractivity contribution in [2.75, 3.05) is 5.32 Å². The molecule has 0 unspecified atom stereocenters. The third-order valence-corrected chi connectivity index (χ3v) is 3.82. The molecule has 0 bridgehead atoms. The topological polar surface area (TPSA) is 38.3 Å². The molecule has 0 aromatic heterocycles. The lowest BCUT2D eigenvalue weighted by Crippen LogP contribution is -2.32. The number of anilines is 1. The van der Waals surface area contributed by atoms with Gasteiger partial charge in [0.2, 0.25) is 0 Å². The Balaban J connectivity index is 2.12. The van der Waals surface area contributed by atoms with Crippen LogP contribution in [0, 0.1) is 19.7 Å². The molecule has 2 aromatic rings. The molecule has 5 heteroatoms. The van der Waals surface area contributed by atoms with E-state index in [-0.39, 0.29) is 11.6 Å². The van der Waals surface area contributed by atoms with Gasteiger partial charge in [-0.15, -0.1) is 0 Å². The van der Waals surface area contributed by atoms with E-state index in [1.807, 2.05) is 39.0 Å². The monoisotopic (exact) mass is 379 g/mol. The van der Waals surface area contributed by atoms with Crippen LogP contribution in [0.1, 0.15) is 24.5 Å². The van der Waals surface area contributed by atoms with Crippen LogP contribution in [0.2, 0.25) is 0 Å². The molecule has 0 heterocycles. The van der Waals surface area contributed by atoms with Gasteiger partial charge in [0.05, 0.1) is 5.69 Å². The second-order valence-electron chi connectivity index (χ2n) is 5.45. The zero-order valence-corrected chi connectivity index (χ0v) is 14.9. The van der Waals surface area contributed by atoms with Crippen LogP contribution in [-0.4, -0.2) is 12.0 Å². The van der Waals surface area contributed by atoms with E-state index in [0.29, 0.717) is 16.6 Å². The Labute approximate surface area is 144 Å². The molecule has 1 N–H and O–H groups in total. The summed E-state index contributed by atoms with van der Waals surface area (Å²) in [5.74, 6) is -0.220. The molecule has 0 fully saturated rings. The lowest BCUT2D eigenvalue weighted by Gasteiger charge is -2.18. The van der Waals surface area contributed by atoms with Gasteiger partial charge in [0.1, 0.15) is 11.6 Å². The second-order valence-corrected chi connectivity index (χ2v) is 6.37. The van der Waals surface area contributed by atoms with Crippen molar-refractivity contribution in [3.8, 4) is 5.75 Å². The molecule has 0 aliphatic carbocycles. The van der Waals surface area contributed by atoms with Crippen LogP contribution in [-0.2, 0) is 4.79 Å². The minimum absolute atomic E-state index is 0.140. The standard InChI is InChI=1S/C18H19BrFNO2/c1-4-17(23-14-8-11(2)7-12(3)9-14)18(22)21-16-6-5-13(19)10-15(16)20/h5-10,17H,4H2,1-3H3,(H,21,22)/t17-/m0/s1. The van der Waals surface area contributed by atoms with Crippen molar-refractivity contribution in [2.24, 2.45) is 0 Å². The summed E-state index contributed by atoms with van der Waals surface area (Å²) >= 11 is 3.19. The highest BCUT2D eigenvalue weighted by molar-refractivity contribution is 9.10. The number of amides is 1. The van der Waals surface area contributed by atoms with Gasteiger partial charge in [-0.3, -0.25) is 4.79 Å². The van der Waals surface area contributed by atoms with Crippen LogP contribution in [0.3, 0.4) is 0 Å². The Morgan fingerprint density at radius 1 is 1.22 bits per heavy atom. The van der Waals surface area contributed by atoms with E-state index in [0.717, 1.165) is 11.1 Å². The summed E-state index contributed by atoms with van der Waals surface area (Å²) in [6, 6.07) is 10.3. The maximum Gasteiger partial charge on any atom is 0.265 e. The number of hydrogen-bond donors (Lipinski definition) is 1. The molecule has 3 nitrogen and oxygen atoms in total. The average Bonchev–Trinajstić information content (AvgIpc) is 2.46. The molecule has 0 aliphatic rings. The molecular weight excluding hydrogens is 361 g/mol. The number of nitrogens with one attached hydrogen (secondary N) is 1. The number of rotatable bonds is 5. The number of benzene rings is 2. The summed E-state index contributed by atoms with van der Waals surface area (Å²) in [5, 5.41) is 2.58. The quantitative estimate of drug-likeness (QED) is 0.793. The molecular formula is C18H19BrFNO2. The van der Waals surface area contributed by atoms with Crippen LogP contribution in [0.5, 0.6) is 5.75 Å². The summed E-state index contributed by atoms with van der Waals surface area (Å²) in [5.41, 5.74) is 2.27. The van der Waals surface area contributed by atoms with E-state index in [1.165, 1.54) is 12.1 Å². The minimum Gasteiger partial charge on any atom is -0.481 e. The fourth-order valence-corrected chi connectivity index (χ4v) is 2.62. The third kappa shape index (κ3) is 4.79. The van der Waals surface area contributed by atoms with E-state index in [1.54, 1.807) is 6.07 Å². The summed E-state index contributed by atoms with van der Waals surface area (Å²) in [7, 11) is 0. The Morgan fingerprint density at radius 3 is 2.43 bits per heavy atom. The maximum atomic E-state index is 13.8. The summed E-state index contributed by atoms with van der Waals surface area (Å²) in [6.45, 7) is 5.79. The molecule has 0 spiro atoms. The number of aryl methyl sites for hydroxylation is 2. The summed E-state index contributed by atoms with van der Waals surface area (Å²) in [4.78, 5) is 12.3. The number of carbonyl (C=O) groups excluding carboxylic acids is 1. The van der Waals surface area contributed by atoms with Gasteiger partial charge in [-0.25, -0.2) is 4.39 Å². The van der Waals surface area contributed by atoms with Crippen LogP contribution in [0.4, 0.5) is 10.1 Å². The van der Waals surface area contributed by atoms with Gasteiger partial charge in [0, 0.05) is 4.47 Å². The van der Waals surface area contributed by atoms with Crippen molar-refractivity contribution in [1.29, 1.82) is 0 Å². The highest BCUT2D eigenvalue weighted by Crippen LogP contribution is 2.22.